The minimum Gasteiger partial charge on any atom is -0.448 e. The molecule has 1 aliphatic rings. The number of rotatable bonds is 0. The van der Waals surface area contributed by atoms with Gasteiger partial charge in [-0.1, -0.05) is 18.2 Å². The Morgan fingerprint density at radius 2 is 2.17 bits per heavy atom. The summed E-state index contributed by atoms with van der Waals surface area (Å²) < 4.78 is 5.41. The molecule has 0 saturated carbocycles. The molecule has 1 aromatic carbocycles. The van der Waals surface area contributed by atoms with Crippen LogP contribution in [0.25, 0.3) is 0 Å². The van der Waals surface area contributed by atoms with Crippen molar-refractivity contribution in [1.29, 1.82) is 0 Å². The Balaban J connectivity index is 2.38. The van der Waals surface area contributed by atoms with Crippen LogP contribution in [-0.2, 0) is 6.42 Å². The SMILES string of the molecule is C#CC1=CCc2ccccc2O1. The molecule has 1 aromatic rings. The molecule has 1 nitrogen and oxygen atoms in total. The van der Waals surface area contributed by atoms with Crippen LogP contribution in [0.1, 0.15) is 5.56 Å². The predicted octanol–water partition coefficient (Wildman–Crippen LogP) is 2.14. The van der Waals surface area contributed by atoms with Gasteiger partial charge >= 0.3 is 0 Å². The molecule has 0 aromatic heterocycles. The van der Waals surface area contributed by atoms with E-state index < -0.39 is 0 Å². The van der Waals surface area contributed by atoms with E-state index in [-0.39, 0.29) is 0 Å². The summed E-state index contributed by atoms with van der Waals surface area (Å²) in [5.41, 5.74) is 1.19. The molecule has 0 bridgehead atoms. The van der Waals surface area contributed by atoms with Gasteiger partial charge in [0.2, 0.25) is 0 Å². The normalized spacial score (nSPS) is 13.8. The molecule has 0 N–H and O–H groups in total. The van der Waals surface area contributed by atoms with E-state index >= 15 is 0 Å². The summed E-state index contributed by atoms with van der Waals surface area (Å²) in [5.74, 6) is 3.99. The van der Waals surface area contributed by atoms with Crippen LogP contribution in [0.3, 0.4) is 0 Å². The summed E-state index contributed by atoms with van der Waals surface area (Å²) in [7, 11) is 0. The van der Waals surface area contributed by atoms with E-state index in [9.17, 15) is 0 Å². The molecule has 0 aliphatic carbocycles. The van der Waals surface area contributed by atoms with Crippen LogP contribution in [0, 0.1) is 12.3 Å². The van der Waals surface area contributed by atoms with Crippen molar-refractivity contribution in [2.45, 2.75) is 6.42 Å². The maximum atomic E-state index is 5.41. The quantitative estimate of drug-likeness (QED) is 0.523. The summed E-state index contributed by atoms with van der Waals surface area (Å²) in [6.45, 7) is 0. The van der Waals surface area contributed by atoms with Crippen molar-refractivity contribution in [3.63, 3.8) is 0 Å². The standard InChI is InChI=1S/C11H8O/c1-2-10-8-7-9-5-3-4-6-11(9)12-10/h1,3-6,8H,7H2. The average Bonchev–Trinajstić information content (AvgIpc) is 2.17. The van der Waals surface area contributed by atoms with E-state index in [1.807, 2.05) is 30.3 Å². The predicted molar refractivity (Wildman–Crippen MR) is 47.7 cm³/mol. The molecule has 0 amide bonds. The van der Waals surface area contributed by atoms with E-state index in [1.165, 1.54) is 5.56 Å². The first-order valence-electron chi connectivity index (χ1n) is 3.82. The van der Waals surface area contributed by atoms with Gasteiger partial charge in [0, 0.05) is 0 Å². The number of para-hydroxylation sites is 1. The van der Waals surface area contributed by atoms with E-state index in [4.69, 9.17) is 11.2 Å². The number of fused-ring (bicyclic) bond motifs is 1. The molecular formula is C11H8O. The van der Waals surface area contributed by atoms with E-state index in [0.29, 0.717) is 5.76 Å². The summed E-state index contributed by atoms with van der Waals surface area (Å²) in [6.07, 6.45) is 8.01. The third-order valence-electron chi connectivity index (χ3n) is 1.84. The molecule has 58 valence electrons. The number of ether oxygens (including phenoxy) is 1. The highest BCUT2D eigenvalue weighted by molar-refractivity contribution is 5.41. The lowest BCUT2D eigenvalue weighted by Crippen LogP contribution is -2.02. The summed E-state index contributed by atoms with van der Waals surface area (Å²) >= 11 is 0. The van der Waals surface area contributed by atoms with Crippen molar-refractivity contribution in [3.05, 3.63) is 41.7 Å². The van der Waals surface area contributed by atoms with Gasteiger partial charge in [-0.05, 0) is 30.0 Å². The van der Waals surface area contributed by atoms with Crippen LogP contribution in [0.15, 0.2) is 36.1 Å². The van der Waals surface area contributed by atoms with E-state index in [1.54, 1.807) is 0 Å². The zero-order valence-electron chi connectivity index (χ0n) is 6.58. The Kier molecular flexibility index (Phi) is 1.60. The average molecular weight is 156 g/mol. The van der Waals surface area contributed by atoms with Gasteiger partial charge in [0.1, 0.15) is 5.75 Å². The van der Waals surface area contributed by atoms with Gasteiger partial charge in [-0.2, -0.15) is 0 Å². The zero-order chi connectivity index (χ0) is 8.39. The maximum Gasteiger partial charge on any atom is 0.173 e. The lowest BCUT2D eigenvalue weighted by atomic mass is 10.1. The van der Waals surface area contributed by atoms with Crippen molar-refractivity contribution in [1.82, 2.24) is 0 Å². The van der Waals surface area contributed by atoms with Crippen LogP contribution in [0.4, 0.5) is 0 Å². The summed E-state index contributed by atoms with van der Waals surface area (Å²) in [4.78, 5) is 0. The topological polar surface area (TPSA) is 9.23 Å². The highest BCUT2D eigenvalue weighted by Gasteiger charge is 2.08. The van der Waals surface area contributed by atoms with Crippen LogP contribution < -0.4 is 4.74 Å². The number of benzene rings is 1. The fourth-order valence-electron chi connectivity index (χ4n) is 1.22. The molecule has 12 heavy (non-hydrogen) atoms. The molecule has 0 spiro atoms. The largest absolute Gasteiger partial charge is 0.448 e. The molecule has 0 atom stereocenters. The molecule has 0 unspecified atom stereocenters. The third kappa shape index (κ3) is 1.08. The highest BCUT2D eigenvalue weighted by Crippen LogP contribution is 2.24. The number of hydrogen-bond donors (Lipinski definition) is 0. The van der Waals surface area contributed by atoms with Gasteiger partial charge in [-0.25, -0.2) is 0 Å². The highest BCUT2D eigenvalue weighted by atomic mass is 16.5. The third-order valence-corrected chi connectivity index (χ3v) is 1.84. The molecule has 1 heteroatoms. The second kappa shape index (κ2) is 2.75. The number of allylic oxidation sites excluding steroid dienone is 2. The van der Waals surface area contributed by atoms with Gasteiger partial charge in [0.15, 0.2) is 5.76 Å². The van der Waals surface area contributed by atoms with Crippen molar-refractivity contribution in [2.24, 2.45) is 0 Å². The smallest absolute Gasteiger partial charge is 0.173 e. The second-order valence-corrected chi connectivity index (χ2v) is 2.63. The minimum absolute atomic E-state index is 0.619. The van der Waals surface area contributed by atoms with Gasteiger partial charge in [0.05, 0.1) is 0 Å². The molecule has 1 aliphatic heterocycles. The van der Waals surface area contributed by atoms with Crippen molar-refractivity contribution in [3.8, 4) is 18.1 Å². The minimum atomic E-state index is 0.619. The molecule has 0 saturated heterocycles. The summed E-state index contributed by atoms with van der Waals surface area (Å²) in [6, 6.07) is 7.91. The Labute approximate surface area is 71.7 Å². The monoisotopic (exact) mass is 156 g/mol. The Morgan fingerprint density at radius 3 is 3.00 bits per heavy atom. The first kappa shape index (κ1) is 7.00. The van der Waals surface area contributed by atoms with Crippen LogP contribution in [-0.4, -0.2) is 0 Å². The fraction of sp³-hybridized carbons (Fsp3) is 0.0909. The van der Waals surface area contributed by atoms with Gasteiger partial charge in [0.25, 0.3) is 0 Å². The fourth-order valence-corrected chi connectivity index (χ4v) is 1.22. The van der Waals surface area contributed by atoms with Crippen molar-refractivity contribution >= 4 is 0 Å². The molecule has 1 heterocycles. The Morgan fingerprint density at radius 1 is 1.33 bits per heavy atom. The van der Waals surface area contributed by atoms with Crippen LogP contribution in [0.5, 0.6) is 5.75 Å². The van der Waals surface area contributed by atoms with Crippen molar-refractivity contribution < 1.29 is 4.74 Å². The Bertz CT molecular complexity index is 369. The van der Waals surface area contributed by atoms with E-state index in [2.05, 4.69) is 5.92 Å². The maximum absolute atomic E-state index is 5.41. The first-order valence-corrected chi connectivity index (χ1v) is 3.82. The van der Waals surface area contributed by atoms with Crippen LogP contribution in [0.2, 0.25) is 0 Å². The lowest BCUT2D eigenvalue weighted by molar-refractivity contribution is 0.433. The van der Waals surface area contributed by atoms with Crippen LogP contribution >= 0.6 is 0 Å². The first-order chi connectivity index (χ1) is 5.90. The van der Waals surface area contributed by atoms with Gasteiger partial charge in [-0.15, -0.1) is 6.42 Å². The molecule has 0 radical (unpaired) electrons. The van der Waals surface area contributed by atoms with E-state index in [0.717, 1.165) is 12.2 Å². The lowest BCUT2D eigenvalue weighted by Gasteiger charge is -2.13. The number of terminal acetylenes is 1. The van der Waals surface area contributed by atoms with Gasteiger partial charge < -0.3 is 4.74 Å². The summed E-state index contributed by atoms with van der Waals surface area (Å²) in [5, 5.41) is 0. The van der Waals surface area contributed by atoms with Gasteiger partial charge in [-0.3, -0.25) is 0 Å². The van der Waals surface area contributed by atoms with Crippen molar-refractivity contribution in [2.75, 3.05) is 0 Å². The number of hydrogen-bond acceptors (Lipinski definition) is 1. The molecular weight excluding hydrogens is 148 g/mol. The second-order valence-electron chi connectivity index (χ2n) is 2.63. The molecule has 2 rings (SSSR count). The zero-order valence-corrected chi connectivity index (χ0v) is 6.58. The molecule has 0 fully saturated rings. The Hall–Kier alpha value is -1.68.